The molecule has 1 aliphatic carbocycles. The van der Waals surface area contributed by atoms with E-state index in [1.807, 2.05) is 0 Å². The zero-order valence-electron chi connectivity index (χ0n) is 10.7. The number of furan rings is 1. The molecule has 1 saturated carbocycles. The highest BCUT2D eigenvalue weighted by molar-refractivity contribution is 5.95. The Morgan fingerprint density at radius 2 is 2.40 bits per heavy atom. The van der Waals surface area contributed by atoms with Gasteiger partial charge < -0.3 is 15.1 Å². The predicted octanol–water partition coefficient (Wildman–Crippen LogP) is 1.45. The van der Waals surface area contributed by atoms with Gasteiger partial charge in [0.1, 0.15) is 12.0 Å². The van der Waals surface area contributed by atoms with E-state index in [0.29, 0.717) is 17.5 Å². The summed E-state index contributed by atoms with van der Waals surface area (Å²) in [6.45, 7) is 1.04. The van der Waals surface area contributed by atoms with Crippen molar-refractivity contribution in [3.8, 4) is 0 Å². The number of pyridine rings is 1. The average Bonchev–Trinajstić information content (AvgIpc) is 3.15. The molecule has 1 saturated heterocycles. The Morgan fingerprint density at radius 1 is 1.50 bits per heavy atom. The molecule has 2 aromatic rings. The van der Waals surface area contributed by atoms with Crippen molar-refractivity contribution < 1.29 is 13.6 Å². The third-order valence-corrected chi connectivity index (χ3v) is 4.29. The second-order valence-corrected chi connectivity index (χ2v) is 5.58. The monoisotopic (exact) mass is 275 g/mol. The van der Waals surface area contributed by atoms with Gasteiger partial charge in [-0.15, -0.1) is 0 Å². The van der Waals surface area contributed by atoms with Crippen molar-refractivity contribution in [2.45, 2.75) is 24.9 Å². The first-order valence-corrected chi connectivity index (χ1v) is 6.77. The van der Waals surface area contributed by atoms with Crippen LogP contribution >= 0.6 is 0 Å². The Morgan fingerprint density at radius 3 is 3.15 bits per heavy atom. The first-order chi connectivity index (χ1) is 9.70. The van der Waals surface area contributed by atoms with E-state index in [1.165, 1.54) is 12.3 Å². The lowest BCUT2D eigenvalue weighted by Crippen LogP contribution is -2.48. The van der Waals surface area contributed by atoms with Crippen molar-refractivity contribution in [2.75, 3.05) is 6.54 Å². The molecule has 2 aromatic heterocycles. The van der Waals surface area contributed by atoms with Crippen LogP contribution in [0.1, 0.15) is 23.3 Å². The van der Waals surface area contributed by atoms with Crippen molar-refractivity contribution in [3.63, 3.8) is 0 Å². The fourth-order valence-electron chi connectivity index (χ4n) is 3.28. The highest BCUT2D eigenvalue weighted by atomic mass is 19.1. The molecule has 4 rings (SSSR count). The quantitative estimate of drug-likeness (QED) is 0.870. The third kappa shape index (κ3) is 1.79. The lowest BCUT2D eigenvalue weighted by atomic mass is 10.1. The molecular formula is C14H14FN3O2. The van der Waals surface area contributed by atoms with Crippen molar-refractivity contribution in [1.29, 1.82) is 0 Å². The lowest BCUT2D eigenvalue weighted by Gasteiger charge is -2.23. The van der Waals surface area contributed by atoms with Crippen LogP contribution in [0.15, 0.2) is 22.9 Å². The molecule has 5 nitrogen and oxygen atoms in total. The second-order valence-electron chi connectivity index (χ2n) is 5.58. The van der Waals surface area contributed by atoms with Gasteiger partial charge in [0, 0.05) is 12.1 Å². The molecule has 0 aromatic carbocycles. The van der Waals surface area contributed by atoms with Crippen LogP contribution in [-0.4, -0.2) is 29.5 Å². The van der Waals surface area contributed by atoms with E-state index in [4.69, 9.17) is 4.42 Å². The number of halogens is 1. The van der Waals surface area contributed by atoms with Gasteiger partial charge in [-0.2, -0.15) is 0 Å². The van der Waals surface area contributed by atoms with Crippen LogP contribution in [0.3, 0.4) is 0 Å². The SMILES string of the molecule is O=C(NC1CC2CNC1C2)c1cc2c(F)coc2cn1. The standard InChI is InChI=1S/C14H14FN3O2/c15-9-6-20-13-5-17-12(3-8(9)13)14(19)18-11-2-7-1-10(11)16-4-7/h3,5-7,10-11,16H,1-2,4H2,(H,18,19). The molecule has 2 bridgehead atoms. The molecule has 3 atom stereocenters. The minimum Gasteiger partial charge on any atom is -0.460 e. The molecular weight excluding hydrogens is 261 g/mol. The van der Waals surface area contributed by atoms with Gasteiger partial charge in [0.05, 0.1) is 11.6 Å². The second kappa shape index (κ2) is 4.28. The number of nitrogens with zero attached hydrogens (tertiary/aromatic N) is 1. The van der Waals surface area contributed by atoms with Crippen LogP contribution in [0, 0.1) is 11.7 Å². The molecule has 104 valence electrons. The number of carbonyl (C=O) groups is 1. The molecule has 0 spiro atoms. The van der Waals surface area contributed by atoms with Gasteiger partial charge in [0.2, 0.25) is 0 Å². The Bertz CT molecular complexity index is 684. The van der Waals surface area contributed by atoms with Crippen molar-refractivity contribution in [3.05, 3.63) is 30.0 Å². The largest absolute Gasteiger partial charge is 0.460 e. The molecule has 2 fully saturated rings. The van der Waals surface area contributed by atoms with Gasteiger partial charge in [0.15, 0.2) is 11.4 Å². The van der Waals surface area contributed by atoms with Gasteiger partial charge >= 0.3 is 0 Å². The molecule has 1 aliphatic heterocycles. The summed E-state index contributed by atoms with van der Waals surface area (Å²) in [4.78, 5) is 16.2. The first kappa shape index (κ1) is 11.8. The summed E-state index contributed by atoms with van der Waals surface area (Å²) in [5.74, 6) is -0.0723. The van der Waals surface area contributed by atoms with Crippen LogP contribution in [0.2, 0.25) is 0 Å². The lowest BCUT2D eigenvalue weighted by molar-refractivity contribution is 0.0923. The summed E-state index contributed by atoms with van der Waals surface area (Å²) in [5, 5.41) is 6.66. The number of hydrogen-bond donors (Lipinski definition) is 2. The maximum absolute atomic E-state index is 13.5. The van der Waals surface area contributed by atoms with Gasteiger partial charge in [0.25, 0.3) is 5.91 Å². The summed E-state index contributed by atoms with van der Waals surface area (Å²) in [6, 6.07) is 1.94. The van der Waals surface area contributed by atoms with Gasteiger partial charge in [-0.25, -0.2) is 9.37 Å². The zero-order valence-corrected chi connectivity index (χ0v) is 10.7. The van der Waals surface area contributed by atoms with E-state index in [-0.39, 0.29) is 23.0 Å². The maximum atomic E-state index is 13.5. The van der Waals surface area contributed by atoms with Crippen LogP contribution in [0.5, 0.6) is 0 Å². The summed E-state index contributed by atoms with van der Waals surface area (Å²) in [7, 11) is 0. The smallest absolute Gasteiger partial charge is 0.270 e. The fourth-order valence-corrected chi connectivity index (χ4v) is 3.28. The number of hydrogen-bond acceptors (Lipinski definition) is 4. The number of nitrogens with one attached hydrogen (secondary N) is 2. The highest BCUT2D eigenvalue weighted by Crippen LogP contribution is 2.31. The number of amides is 1. The fraction of sp³-hybridized carbons (Fsp3) is 0.429. The van der Waals surface area contributed by atoms with Crippen LogP contribution in [0.25, 0.3) is 11.0 Å². The summed E-state index contributed by atoms with van der Waals surface area (Å²) in [5.41, 5.74) is 0.571. The van der Waals surface area contributed by atoms with Crippen LogP contribution in [0.4, 0.5) is 4.39 Å². The van der Waals surface area contributed by atoms with E-state index >= 15 is 0 Å². The summed E-state index contributed by atoms with van der Waals surface area (Å²) in [6.07, 6.45) is 4.53. The van der Waals surface area contributed by atoms with Gasteiger partial charge in [-0.05, 0) is 31.4 Å². The van der Waals surface area contributed by atoms with E-state index in [0.717, 1.165) is 25.6 Å². The topological polar surface area (TPSA) is 67.2 Å². The Balaban J connectivity index is 1.56. The van der Waals surface area contributed by atoms with E-state index in [9.17, 15) is 9.18 Å². The molecule has 1 amide bonds. The number of piperidine rings is 1. The number of carbonyl (C=O) groups excluding carboxylic acids is 1. The Hall–Kier alpha value is -1.95. The molecule has 3 unspecified atom stereocenters. The Labute approximate surface area is 114 Å². The van der Waals surface area contributed by atoms with Gasteiger partial charge in [-0.3, -0.25) is 4.79 Å². The van der Waals surface area contributed by atoms with E-state index < -0.39 is 5.82 Å². The van der Waals surface area contributed by atoms with Crippen molar-refractivity contribution in [2.24, 2.45) is 5.92 Å². The molecule has 6 heteroatoms. The highest BCUT2D eigenvalue weighted by Gasteiger charge is 2.40. The molecule has 3 heterocycles. The normalized spacial score (nSPS) is 28.1. The minimum absolute atomic E-state index is 0.146. The molecule has 20 heavy (non-hydrogen) atoms. The molecule has 2 N–H and O–H groups in total. The number of rotatable bonds is 2. The summed E-state index contributed by atoms with van der Waals surface area (Å²) < 4.78 is 18.4. The zero-order chi connectivity index (χ0) is 13.7. The summed E-state index contributed by atoms with van der Waals surface area (Å²) >= 11 is 0. The third-order valence-electron chi connectivity index (χ3n) is 4.29. The minimum atomic E-state index is -0.474. The van der Waals surface area contributed by atoms with Crippen LogP contribution in [-0.2, 0) is 0 Å². The number of aromatic nitrogens is 1. The molecule has 0 radical (unpaired) electrons. The van der Waals surface area contributed by atoms with E-state index in [2.05, 4.69) is 15.6 Å². The van der Waals surface area contributed by atoms with Crippen molar-refractivity contribution >= 4 is 16.9 Å². The molecule has 2 aliphatic rings. The number of fused-ring (bicyclic) bond motifs is 3. The van der Waals surface area contributed by atoms with E-state index in [1.54, 1.807) is 0 Å². The van der Waals surface area contributed by atoms with Crippen LogP contribution < -0.4 is 10.6 Å². The first-order valence-electron chi connectivity index (χ1n) is 6.77. The van der Waals surface area contributed by atoms with Crippen molar-refractivity contribution in [1.82, 2.24) is 15.6 Å². The maximum Gasteiger partial charge on any atom is 0.270 e. The Kier molecular flexibility index (Phi) is 2.53. The average molecular weight is 275 g/mol. The predicted molar refractivity (Wildman–Crippen MR) is 69.7 cm³/mol. The van der Waals surface area contributed by atoms with Gasteiger partial charge in [-0.1, -0.05) is 0 Å².